The highest BCUT2D eigenvalue weighted by Gasteiger charge is 2.12. The van der Waals surface area contributed by atoms with Gasteiger partial charge in [-0.3, -0.25) is 9.59 Å². The van der Waals surface area contributed by atoms with E-state index in [0.717, 1.165) is 34.9 Å². The van der Waals surface area contributed by atoms with Gasteiger partial charge >= 0.3 is 5.97 Å². The van der Waals surface area contributed by atoms with E-state index in [2.05, 4.69) is 15.3 Å². The Labute approximate surface area is 141 Å². The van der Waals surface area contributed by atoms with Crippen molar-refractivity contribution >= 4 is 23.6 Å². The van der Waals surface area contributed by atoms with E-state index in [1.165, 1.54) is 11.8 Å². The van der Waals surface area contributed by atoms with E-state index >= 15 is 0 Å². The van der Waals surface area contributed by atoms with Gasteiger partial charge in [0.2, 0.25) is 0 Å². The lowest BCUT2D eigenvalue weighted by molar-refractivity contribution is -0.148. The third kappa shape index (κ3) is 6.99. The van der Waals surface area contributed by atoms with Crippen molar-refractivity contribution < 1.29 is 14.3 Å². The van der Waals surface area contributed by atoms with E-state index in [1.807, 2.05) is 27.0 Å². The Morgan fingerprint density at radius 1 is 1.22 bits per heavy atom. The molecule has 1 heterocycles. The fourth-order valence-electron chi connectivity index (χ4n) is 2.06. The maximum absolute atomic E-state index is 11.7. The second-order valence-electron chi connectivity index (χ2n) is 5.22. The van der Waals surface area contributed by atoms with Crippen molar-refractivity contribution in [2.75, 3.05) is 19.4 Å². The number of hydrogen-bond acceptors (Lipinski definition) is 6. The number of nitrogens with one attached hydrogen (secondary N) is 1. The number of unbranched alkanes of at least 4 members (excludes halogenated alkanes) is 1. The number of aryl methyl sites for hydroxylation is 2. The molecule has 1 rings (SSSR count). The molecule has 7 heteroatoms. The van der Waals surface area contributed by atoms with Crippen molar-refractivity contribution in [1.29, 1.82) is 0 Å². The highest BCUT2D eigenvalue weighted by atomic mass is 32.2. The Bertz CT molecular complexity index is 526. The van der Waals surface area contributed by atoms with Crippen LogP contribution >= 0.6 is 11.8 Å². The van der Waals surface area contributed by atoms with Gasteiger partial charge in [0.25, 0.3) is 5.91 Å². The summed E-state index contributed by atoms with van der Waals surface area (Å²) in [5.41, 5.74) is 2.73. The van der Waals surface area contributed by atoms with Crippen molar-refractivity contribution in [3.05, 3.63) is 17.0 Å². The standard InChI is InChI=1S/C16H25N3O3S/c1-5-6-9-17-14(20)10-22-15(21)8-7-13-11(2)18-16(23-4)19-12(13)3/h5-10H2,1-4H3,(H,17,20). The first kappa shape index (κ1) is 19.4. The summed E-state index contributed by atoms with van der Waals surface area (Å²) >= 11 is 1.49. The first-order valence-corrected chi connectivity index (χ1v) is 9.00. The molecule has 1 N–H and O–H groups in total. The van der Waals surface area contributed by atoms with E-state index in [9.17, 15) is 9.59 Å². The van der Waals surface area contributed by atoms with Crippen molar-refractivity contribution in [3.8, 4) is 0 Å². The first-order chi connectivity index (χ1) is 11.0. The monoisotopic (exact) mass is 339 g/mol. The van der Waals surface area contributed by atoms with Crippen LogP contribution < -0.4 is 5.32 Å². The Hall–Kier alpha value is -1.63. The van der Waals surface area contributed by atoms with Crippen LogP contribution in [0.3, 0.4) is 0 Å². The SMILES string of the molecule is CCCCNC(=O)COC(=O)CCc1c(C)nc(SC)nc1C. The van der Waals surface area contributed by atoms with Crippen molar-refractivity contribution in [1.82, 2.24) is 15.3 Å². The summed E-state index contributed by atoms with van der Waals surface area (Å²) in [6, 6.07) is 0. The summed E-state index contributed by atoms with van der Waals surface area (Å²) in [5.74, 6) is -0.643. The molecule has 0 saturated heterocycles. The van der Waals surface area contributed by atoms with Crippen LogP contribution in [0.4, 0.5) is 0 Å². The molecule has 0 aliphatic heterocycles. The fourth-order valence-corrected chi connectivity index (χ4v) is 2.52. The zero-order valence-corrected chi connectivity index (χ0v) is 15.1. The number of rotatable bonds is 9. The topological polar surface area (TPSA) is 81.2 Å². The van der Waals surface area contributed by atoms with Gasteiger partial charge in [0.1, 0.15) is 0 Å². The normalized spacial score (nSPS) is 10.4. The second-order valence-corrected chi connectivity index (χ2v) is 6.00. The van der Waals surface area contributed by atoms with E-state index in [1.54, 1.807) is 0 Å². The van der Waals surface area contributed by atoms with Gasteiger partial charge in [0.05, 0.1) is 0 Å². The summed E-state index contributed by atoms with van der Waals surface area (Å²) in [6.07, 6.45) is 4.59. The Balaban J connectivity index is 2.40. The van der Waals surface area contributed by atoms with Gasteiger partial charge < -0.3 is 10.1 Å². The van der Waals surface area contributed by atoms with Crippen LogP contribution in [0.2, 0.25) is 0 Å². The molecule has 128 valence electrons. The summed E-state index contributed by atoms with van der Waals surface area (Å²) < 4.78 is 4.98. The van der Waals surface area contributed by atoms with Gasteiger partial charge in [-0.25, -0.2) is 9.97 Å². The molecule has 0 radical (unpaired) electrons. The van der Waals surface area contributed by atoms with Gasteiger partial charge in [-0.05, 0) is 38.5 Å². The molecule has 6 nitrogen and oxygen atoms in total. The molecule has 1 aromatic heterocycles. The lowest BCUT2D eigenvalue weighted by atomic mass is 10.1. The minimum absolute atomic E-state index is 0.214. The van der Waals surface area contributed by atoms with E-state index < -0.39 is 0 Å². The van der Waals surface area contributed by atoms with Crippen LogP contribution in [0.25, 0.3) is 0 Å². The molecule has 1 aromatic rings. The molecular formula is C16H25N3O3S. The predicted octanol–water partition coefficient (Wildman–Crippen LogP) is 2.21. The lowest BCUT2D eigenvalue weighted by Crippen LogP contribution is -2.29. The second kappa shape index (κ2) is 10.2. The quantitative estimate of drug-likeness (QED) is 0.321. The Kier molecular flexibility index (Phi) is 8.61. The largest absolute Gasteiger partial charge is 0.456 e. The zero-order chi connectivity index (χ0) is 17.2. The highest BCUT2D eigenvalue weighted by molar-refractivity contribution is 7.98. The maximum atomic E-state index is 11.7. The average Bonchev–Trinajstić information content (AvgIpc) is 2.52. The molecule has 0 unspecified atom stereocenters. The molecule has 0 bridgehead atoms. The van der Waals surface area contributed by atoms with Crippen LogP contribution in [-0.4, -0.2) is 41.3 Å². The Morgan fingerprint density at radius 2 is 1.87 bits per heavy atom. The fraction of sp³-hybridized carbons (Fsp3) is 0.625. The average molecular weight is 339 g/mol. The minimum atomic E-state index is -0.386. The van der Waals surface area contributed by atoms with Gasteiger partial charge in [-0.2, -0.15) is 0 Å². The number of aromatic nitrogens is 2. The third-order valence-corrected chi connectivity index (χ3v) is 3.93. The van der Waals surface area contributed by atoms with Crippen LogP contribution in [0.5, 0.6) is 0 Å². The maximum Gasteiger partial charge on any atom is 0.306 e. The van der Waals surface area contributed by atoms with E-state index in [4.69, 9.17) is 4.74 Å². The summed E-state index contributed by atoms with van der Waals surface area (Å²) in [7, 11) is 0. The number of esters is 1. The predicted molar refractivity (Wildman–Crippen MR) is 90.5 cm³/mol. The summed E-state index contributed by atoms with van der Waals surface area (Å²) in [6.45, 7) is 6.27. The molecule has 23 heavy (non-hydrogen) atoms. The van der Waals surface area contributed by atoms with Gasteiger partial charge in [-0.1, -0.05) is 25.1 Å². The molecule has 1 amide bonds. The molecule has 0 aromatic carbocycles. The van der Waals surface area contributed by atoms with Crippen molar-refractivity contribution in [2.24, 2.45) is 0 Å². The number of nitrogens with zero attached hydrogens (tertiary/aromatic N) is 2. The number of carbonyl (C=O) groups excluding carboxylic acids is 2. The zero-order valence-electron chi connectivity index (χ0n) is 14.3. The van der Waals surface area contributed by atoms with Gasteiger partial charge in [0.15, 0.2) is 11.8 Å². The number of amides is 1. The van der Waals surface area contributed by atoms with Crippen molar-refractivity contribution in [3.63, 3.8) is 0 Å². The van der Waals surface area contributed by atoms with Crippen molar-refractivity contribution in [2.45, 2.75) is 51.6 Å². The molecule has 0 spiro atoms. The first-order valence-electron chi connectivity index (χ1n) is 7.78. The molecule has 0 aliphatic carbocycles. The highest BCUT2D eigenvalue weighted by Crippen LogP contribution is 2.17. The number of thioether (sulfide) groups is 1. The summed E-state index contributed by atoms with van der Waals surface area (Å²) in [4.78, 5) is 32.0. The van der Waals surface area contributed by atoms with Gasteiger partial charge in [-0.15, -0.1) is 0 Å². The molecule has 0 saturated carbocycles. The molecule has 0 atom stereocenters. The Morgan fingerprint density at radius 3 is 2.43 bits per heavy atom. The number of ether oxygens (including phenoxy) is 1. The van der Waals surface area contributed by atoms with E-state index in [-0.39, 0.29) is 24.9 Å². The molecular weight excluding hydrogens is 314 g/mol. The number of carbonyl (C=O) groups is 2. The third-order valence-electron chi connectivity index (χ3n) is 3.38. The molecule has 0 aliphatic rings. The van der Waals surface area contributed by atoms with Crippen LogP contribution in [0.1, 0.15) is 43.1 Å². The van der Waals surface area contributed by atoms with Gasteiger partial charge in [0, 0.05) is 24.4 Å². The summed E-state index contributed by atoms with van der Waals surface area (Å²) in [5, 5.41) is 3.44. The number of hydrogen-bond donors (Lipinski definition) is 1. The smallest absolute Gasteiger partial charge is 0.306 e. The lowest BCUT2D eigenvalue weighted by Gasteiger charge is -2.10. The minimum Gasteiger partial charge on any atom is -0.456 e. The molecule has 0 fully saturated rings. The van der Waals surface area contributed by atoms with Crippen LogP contribution in [0, 0.1) is 13.8 Å². The van der Waals surface area contributed by atoms with Crippen LogP contribution in [0.15, 0.2) is 5.16 Å². The van der Waals surface area contributed by atoms with Crippen LogP contribution in [-0.2, 0) is 20.7 Å². The van der Waals surface area contributed by atoms with E-state index in [0.29, 0.717) is 13.0 Å².